The summed E-state index contributed by atoms with van der Waals surface area (Å²) in [6.07, 6.45) is 0.911. The maximum atomic E-state index is 12.0. The van der Waals surface area contributed by atoms with Crippen LogP contribution in [0.4, 0.5) is 0 Å². The van der Waals surface area contributed by atoms with Gasteiger partial charge in [-0.25, -0.2) is 0 Å². The van der Waals surface area contributed by atoms with E-state index in [4.69, 9.17) is 5.11 Å². The SMILES string of the molecule is CCC(C)n1c(C)cc(C)c(CO)c1=O. The Labute approximate surface area is 90.4 Å². The second kappa shape index (κ2) is 4.62. The zero-order chi connectivity index (χ0) is 11.6. The number of aliphatic hydroxyl groups excluding tert-OH is 1. The van der Waals surface area contributed by atoms with Crippen LogP contribution >= 0.6 is 0 Å². The van der Waals surface area contributed by atoms with E-state index in [0.29, 0.717) is 5.56 Å². The van der Waals surface area contributed by atoms with Crippen LogP contribution in [-0.2, 0) is 6.61 Å². The van der Waals surface area contributed by atoms with E-state index >= 15 is 0 Å². The topological polar surface area (TPSA) is 42.2 Å². The maximum absolute atomic E-state index is 12.0. The van der Waals surface area contributed by atoms with Crippen LogP contribution in [0.15, 0.2) is 10.9 Å². The van der Waals surface area contributed by atoms with E-state index in [0.717, 1.165) is 17.7 Å². The third-order valence-corrected chi connectivity index (χ3v) is 2.95. The molecule has 1 heterocycles. The normalized spacial score (nSPS) is 12.9. The average molecular weight is 209 g/mol. The predicted octanol–water partition coefficient (Wildman–Crippen LogP) is 1.93. The first-order valence-corrected chi connectivity index (χ1v) is 5.35. The zero-order valence-corrected chi connectivity index (χ0v) is 9.87. The number of aryl methyl sites for hydroxylation is 2. The van der Waals surface area contributed by atoms with Gasteiger partial charge in [0.05, 0.1) is 6.61 Å². The van der Waals surface area contributed by atoms with Gasteiger partial charge >= 0.3 is 0 Å². The number of hydrogen-bond donors (Lipinski definition) is 1. The predicted molar refractivity (Wildman–Crippen MR) is 61.1 cm³/mol. The van der Waals surface area contributed by atoms with E-state index < -0.39 is 0 Å². The monoisotopic (exact) mass is 209 g/mol. The van der Waals surface area contributed by atoms with Crippen molar-refractivity contribution >= 4 is 0 Å². The summed E-state index contributed by atoms with van der Waals surface area (Å²) >= 11 is 0. The molecular weight excluding hydrogens is 190 g/mol. The summed E-state index contributed by atoms with van der Waals surface area (Å²) in [5, 5.41) is 9.16. The van der Waals surface area contributed by atoms with Crippen molar-refractivity contribution in [3.8, 4) is 0 Å². The number of nitrogens with zero attached hydrogens (tertiary/aromatic N) is 1. The third kappa shape index (κ3) is 2.12. The van der Waals surface area contributed by atoms with E-state index in [2.05, 4.69) is 6.92 Å². The van der Waals surface area contributed by atoms with Gasteiger partial charge in [-0.3, -0.25) is 4.79 Å². The lowest BCUT2D eigenvalue weighted by atomic mass is 10.1. The minimum absolute atomic E-state index is 0.0515. The molecule has 1 aromatic heterocycles. The minimum atomic E-state index is -0.179. The first kappa shape index (κ1) is 12.0. The van der Waals surface area contributed by atoms with Gasteiger partial charge in [0.15, 0.2) is 0 Å². The molecule has 84 valence electrons. The molecule has 1 atom stereocenters. The number of aromatic nitrogens is 1. The summed E-state index contributed by atoms with van der Waals surface area (Å²) < 4.78 is 1.76. The van der Waals surface area contributed by atoms with E-state index in [1.165, 1.54) is 0 Å². The smallest absolute Gasteiger partial charge is 0.256 e. The van der Waals surface area contributed by atoms with E-state index in [-0.39, 0.29) is 18.2 Å². The fourth-order valence-electron chi connectivity index (χ4n) is 1.87. The molecule has 0 aliphatic carbocycles. The van der Waals surface area contributed by atoms with Crippen molar-refractivity contribution in [1.29, 1.82) is 0 Å². The molecule has 0 bridgehead atoms. The lowest BCUT2D eigenvalue weighted by Crippen LogP contribution is -2.29. The molecule has 0 fully saturated rings. The van der Waals surface area contributed by atoms with Crippen LogP contribution in [0, 0.1) is 13.8 Å². The van der Waals surface area contributed by atoms with Crippen LogP contribution in [0.2, 0.25) is 0 Å². The largest absolute Gasteiger partial charge is 0.391 e. The molecule has 0 saturated carbocycles. The van der Waals surface area contributed by atoms with Crippen LogP contribution in [0.5, 0.6) is 0 Å². The fraction of sp³-hybridized carbons (Fsp3) is 0.583. The first-order valence-electron chi connectivity index (χ1n) is 5.35. The summed E-state index contributed by atoms with van der Waals surface area (Å²) in [7, 11) is 0. The summed E-state index contributed by atoms with van der Waals surface area (Å²) in [4.78, 5) is 12.0. The van der Waals surface area contributed by atoms with Crippen LogP contribution in [0.3, 0.4) is 0 Å². The summed E-state index contributed by atoms with van der Waals surface area (Å²) in [6.45, 7) is 7.68. The Bertz CT molecular complexity index is 407. The van der Waals surface area contributed by atoms with Gasteiger partial charge in [0.2, 0.25) is 0 Å². The van der Waals surface area contributed by atoms with Crippen molar-refractivity contribution < 1.29 is 5.11 Å². The molecule has 3 nitrogen and oxygen atoms in total. The molecule has 0 radical (unpaired) electrons. The van der Waals surface area contributed by atoms with Gasteiger partial charge in [-0.05, 0) is 38.8 Å². The number of aliphatic hydroxyl groups is 1. The highest BCUT2D eigenvalue weighted by molar-refractivity contribution is 5.25. The molecule has 0 aliphatic heterocycles. The Hall–Kier alpha value is -1.09. The van der Waals surface area contributed by atoms with Crippen molar-refractivity contribution in [1.82, 2.24) is 4.57 Å². The van der Waals surface area contributed by atoms with E-state index in [1.807, 2.05) is 26.8 Å². The number of hydrogen-bond acceptors (Lipinski definition) is 2. The molecule has 3 heteroatoms. The van der Waals surface area contributed by atoms with Crippen LogP contribution in [-0.4, -0.2) is 9.67 Å². The quantitative estimate of drug-likeness (QED) is 0.826. The Morgan fingerprint density at radius 2 is 2.07 bits per heavy atom. The number of rotatable bonds is 3. The van der Waals surface area contributed by atoms with Crippen molar-refractivity contribution in [2.75, 3.05) is 0 Å². The molecule has 1 unspecified atom stereocenters. The number of pyridine rings is 1. The molecule has 1 rings (SSSR count). The molecular formula is C12H19NO2. The lowest BCUT2D eigenvalue weighted by Gasteiger charge is -2.18. The maximum Gasteiger partial charge on any atom is 0.256 e. The second-order valence-corrected chi connectivity index (χ2v) is 4.04. The Balaban J connectivity index is 3.46. The second-order valence-electron chi connectivity index (χ2n) is 4.04. The Morgan fingerprint density at radius 1 is 1.47 bits per heavy atom. The van der Waals surface area contributed by atoms with Gasteiger partial charge < -0.3 is 9.67 Å². The molecule has 0 saturated heterocycles. The zero-order valence-electron chi connectivity index (χ0n) is 9.87. The van der Waals surface area contributed by atoms with Gasteiger partial charge in [-0.15, -0.1) is 0 Å². The van der Waals surface area contributed by atoms with Gasteiger partial charge in [-0.1, -0.05) is 6.92 Å². The molecule has 0 spiro atoms. The van der Waals surface area contributed by atoms with Gasteiger partial charge in [-0.2, -0.15) is 0 Å². The van der Waals surface area contributed by atoms with Gasteiger partial charge in [0, 0.05) is 17.3 Å². The summed E-state index contributed by atoms with van der Waals surface area (Å²) in [6, 6.07) is 2.14. The summed E-state index contributed by atoms with van der Waals surface area (Å²) in [5.41, 5.74) is 2.30. The minimum Gasteiger partial charge on any atom is -0.391 e. The van der Waals surface area contributed by atoms with Crippen molar-refractivity contribution in [3.05, 3.63) is 33.2 Å². The molecule has 15 heavy (non-hydrogen) atoms. The molecule has 0 aliphatic rings. The van der Waals surface area contributed by atoms with Gasteiger partial charge in [0.25, 0.3) is 5.56 Å². The summed E-state index contributed by atoms with van der Waals surface area (Å²) in [5.74, 6) is 0. The molecule has 0 aromatic carbocycles. The first-order chi connectivity index (χ1) is 7.02. The standard InChI is InChI=1S/C12H19NO2/c1-5-9(3)13-10(4)6-8(2)11(7-14)12(13)15/h6,9,14H,5,7H2,1-4H3. The average Bonchev–Trinajstić information content (AvgIpc) is 2.17. The van der Waals surface area contributed by atoms with Crippen LogP contribution < -0.4 is 5.56 Å². The van der Waals surface area contributed by atoms with Gasteiger partial charge in [0.1, 0.15) is 0 Å². The third-order valence-electron chi connectivity index (χ3n) is 2.95. The van der Waals surface area contributed by atoms with E-state index in [1.54, 1.807) is 4.57 Å². The van der Waals surface area contributed by atoms with E-state index in [9.17, 15) is 4.79 Å². The van der Waals surface area contributed by atoms with Crippen molar-refractivity contribution in [2.45, 2.75) is 46.8 Å². The lowest BCUT2D eigenvalue weighted by molar-refractivity contribution is 0.277. The highest BCUT2D eigenvalue weighted by Gasteiger charge is 2.12. The Morgan fingerprint density at radius 3 is 2.53 bits per heavy atom. The highest BCUT2D eigenvalue weighted by Crippen LogP contribution is 2.13. The van der Waals surface area contributed by atoms with Crippen molar-refractivity contribution in [3.63, 3.8) is 0 Å². The van der Waals surface area contributed by atoms with Crippen LogP contribution in [0.25, 0.3) is 0 Å². The molecule has 1 aromatic rings. The molecule has 1 N–H and O–H groups in total. The van der Waals surface area contributed by atoms with Crippen LogP contribution in [0.1, 0.15) is 43.1 Å². The Kier molecular flexibility index (Phi) is 3.69. The highest BCUT2D eigenvalue weighted by atomic mass is 16.3. The molecule has 0 amide bonds. The fourth-order valence-corrected chi connectivity index (χ4v) is 1.87. The van der Waals surface area contributed by atoms with Crippen molar-refractivity contribution in [2.24, 2.45) is 0 Å².